The van der Waals surface area contributed by atoms with Crippen molar-refractivity contribution in [2.45, 2.75) is 6.92 Å². The zero-order valence-electron chi connectivity index (χ0n) is 11.4. The summed E-state index contributed by atoms with van der Waals surface area (Å²) >= 11 is 3.23. The van der Waals surface area contributed by atoms with Crippen molar-refractivity contribution in [3.8, 4) is 6.07 Å². The predicted molar refractivity (Wildman–Crippen MR) is 83.7 cm³/mol. The van der Waals surface area contributed by atoms with Gasteiger partial charge in [-0.25, -0.2) is 4.79 Å². The van der Waals surface area contributed by atoms with Gasteiger partial charge in [0.25, 0.3) is 5.91 Å². The van der Waals surface area contributed by atoms with Crippen molar-refractivity contribution >= 4 is 33.6 Å². The van der Waals surface area contributed by atoms with Crippen LogP contribution in [0.5, 0.6) is 0 Å². The van der Waals surface area contributed by atoms with Crippen molar-refractivity contribution in [1.29, 1.82) is 5.26 Å². The molecule has 0 atom stereocenters. The lowest BCUT2D eigenvalue weighted by molar-refractivity contribution is -0.116. The van der Waals surface area contributed by atoms with Crippen LogP contribution in [0.3, 0.4) is 0 Å². The van der Waals surface area contributed by atoms with Gasteiger partial charge < -0.3 is 10.6 Å². The molecule has 0 spiro atoms. The molecule has 3 N–H and O–H groups in total. The molecule has 110 valence electrons. The summed E-state index contributed by atoms with van der Waals surface area (Å²) in [5.41, 5.74) is 0.848. The summed E-state index contributed by atoms with van der Waals surface area (Å²) in [7, 11) is 0. The number of carbonyl (C=O) groups excluding carboxylic acids is 2. The number of anilines is 1. The smallest absolute Gasteiger partial charge is 0.326 e. The number of benzene rings is 1. The van der Waals surface area contributed by atoms with Crippen molar-refractivity contribution < 1.29 is 9.59 Å². The first-order valence-corrected chi connectivity index (χ1v) is 7.28. The van der Waals surface area contributed by atoms with E-state index in [1.165, 1.54) is 0 Å². The summed E-state index contributed by atoms with van der Waals surface area (Å²) in [5.74, 6) is -0.745. The lowest BCUT2D eigenvalue weighted by Crippen LogP contribution is -2.36. The van der Waals surface area contributed by atoms with Gasteiger partial charge in [0.1, 0.15) is 11.6 Å². The molecule has 0 bridgehead atoms. The van der Waals surface area contributed by atoms with Gasteiger partial charge in [-0.15, -0.1) is 0 Å². The fraction of sp³-hybridized carbons (Fsp3) is 0.214. The minimum absolute atomic E-state index is 0.126. The Kier molecular flexibility index (Phi) is 6.98. The summed E-state index contributed by atoms with van der Waals surface area (Å²) in [6.45, 7) is 2.18. The largest absolute Gasteiger partial charge is 0.387 e. The predicted octanol–water partition coefficient (Wildman–Crippen LogP) is 2.12. The molecule has 0 aliphatic heterocycles. The van der Waals surface area contributed by atoms with E-state index in [1.54, 1.807) is 37.3 Å². The lowest BCUT2D eigenvalue weighted by Gasteiger charge is -2.09. The highest BCUT2D eigenvalue weighted by Gasteiger charge is 2.15. The molecule has 0 aromatic heterocycles. The van der Waals surface area contributed by atoms with Crippen LogP contribution >= 0.6 is 15.9 Å². The quantitative estimate of drug-likeness (QED) is 0.430. The molecular weight excluding hydrogens is 336 g/mol. The molecule has 1 aromatic carbocycles. The highest BCUT2D eigenvalue weighted by molar-refractivity contribution is 9.09. The van der Waals surface area contributed by atoms with Gasteiger partial charge in [0, 0.05) is 23.3 Å². The number of hydrogen-bond donors (Lipinski definition) is 3. The minimum atomic E-state index is -0.745. The Morgan fingerprint density at radius 2 is 1.95 bits per heavy atom. The molecule has 0 aliphatic carbocycles. The Balaban J connectivity index is 2.66. The summed E-state index contributed by atoms with van der Waals surface area (Å²) in [6, 6.07) is 9.80. The third kappa shape index (κ3) is 5.67. The summed E-state index contributed by atoms with van der Waals surface area (Å²) < 4.78 is 0. The zero-order chi connectivity index (χ0) is 15.7. The summed E-state index contributed by atoms with van der Waals surface area (Å²) in [4.78, 5) is 23.6. The standard InChI is InChI=1S/C14H15BrN4O2/c1-10(17-8-7-15)12(9-16)13(20)19-14(21)18-11-5-3-2-4-6-11/h2-6,17H,7-8H2,1H3,(H2,18,19,20,21). The van der Waals surface area contributed by atoms with Crippen molar-refractivity contribution in [2.24, 2.45) is 0 Å². The average molecular weight is 351 g/mol. The fourth-order valence-electron chi connectivity index (χ4n) is 1.48. The van der Waals surface area contributed by atoms with Crippen LogP contribution in [0.2, 0.25) is 0 Å². The number of allylic oxidation sites excluding steroid dienone is 1. The number of rotatable bonds is 5. The van der Waals surface area contributed by atoms with Crippen molar-refractivity contribution in [3.05, 3.63) is 41.6 Å². The molecule has 0 aliphatic rings. The second-order valence-corrected chi connectivity index (χ2v) is 4.79. The number of urea groups is 1. The van der Waals surface area contributed by atoms with Crippen LogP contribution in [0.4, 0.5) is 10.5 Å². The van der Waals surface area contributed by atoms with Gasteiger partial charge in [-0.2, -0.15) is 5.26 Å². The SMILES string of the molecule is CC(NCCBr)=C(C#N)C(=O)NC(=O)Nc1ccccc1. The molecular formula is C14H15BrN4O2. The van der Waals surface area contributed by atoms with Crippen LogP contribution in [-0.4, -0.2) is 23.8 Å². The maximum absolute atomic E-state index is 11.9. The number of nitriles is 1. The van der Waals surface area contributed by atoms with Crippen LogP contribution in [0, 0.1) is 11.3 Å². The van der Waals surface area contributed by atoms with E-state index >= 15 is 0 Å². The topological polar surface area (TPSA) is 94.0 Å². The van der Waals surface area contributed by atoms with Gasteiger partial charge in [0.2, 0.25) is 0 Å². The van der Waals surface area contributed by atoms with E-state index in [-0.39, 0.29) is 5.57 Å². The normalized spacial score (nSPS) is 10.9. The molecule has 7 heteroatoms. The number of amides is 3. The van der Waals surface area contributed by atoms with Gasteiger partial charge in [-0.05, 0) is 19.1 Å². The fourth-order valence-corrected chi connectivity index (χ4v) is 1.68. The van der Waals surface area contributed by atoms with Crippen LogP contribution in [0.15, 0.2) is 41.6 Å². The molecule has 0 saturated heterocycles. The van der Waals surface area contributed by atoms with Gasteiger partial charge in [-0.3, -0.25) is 10.1 Å². The number of carbonyl (C=O) groups is 2. The Labute approximate surface area is 131 Å². The van der Waals surface area contributed by atoms with E-state index in [9.17, 15) is 9.59 Å². The molecule has 0 unspecified atom stereocenters. The molecule has 1 aromatic rings. The average Bonchev–Trinajstić information content (AvgIpc) is 2.46. The maximum Gasteiger partial charge on any atom is 0.326 e. The third-order valence-corrected chi connectivity index (χ3v) is 2.85. The molecule has 3 amide bonds. The van der Waals surface area contributed by atoms with Gasteiger partial charge >= 0.3 is 6.03 Å². The number of imide groups is 1. The Morgan fingerprint density at radius 1 is 1.29 bits per heavy atom. The maximum atomic E-state index is 11.9. The summed E-state index contributed by atoms with van der Waals surface area (Å²) in [5, 5.41) is 17.2. The van der Waals surface area contributed by atoms with Crippen molar-refractivity contribution in [3.63, 3.8) is 0 Å². The van der Waals surface area contributed by atoms with Gasteiger partial charge in [-0.1, -0.05) is 34.1 Å². The summed E-state index contributed by atoms with van der Waals surface area (Å²) in [6.07, 6.45) is 0. The van der Waals surface area contributed by atoms with E-state index in [4.69, 9.17) is 5.26 Å². The number of para-hydroxylation sites is 1. The second kappa shape index (κ2) is 8.76. The zero-order valence-corrected chi connectivity index (χ0v) is 13.0. The molecule has 0 saturated carbocycles. The van der Waals surface area contributed by atoms with Crippen LogP contribution in [0.1, 0.15) is 6.92 Å². The molecule has 21 heavy (non-hydrogen) atoms. The molecule has 0 heterocycles. The number of nitrogens with zero attached hydrogens (tertiary/aromatic N) is 1. The number of nitrogens with one attached hydrogen (secondary N) is 3. The Bertz CT molecular complexity index is 578. The highest BCUT2D eigenvalue weighted by atomic mass is 79.9. The van der Waals surface area contributed by atoms with Crippen molar-refractivity contribution in [1.82, 2.24) is 10.6 Å². The molecule has 0 radical (unpaired) electrons. The number of alkyl halides is 1. The van der Waals surface area contributed by atoms with E-state index in [0.29, 0.717) is 23.3 Å². The Hall–Kier alpha value is -2.33. The molecule has 1 rings (SSSR count). The van der Waals surface area contributed by atoms with Gasteiger partial charge in [0.15, 0.2) is 0 Å². The van der Waals surface area contributed by atoms with Crippen LogP contribution < -0.4 is 16.0 Å². The second-order valence-electron chi connectivity index (χ2n) is 4.00. The minimum Gasteiger partial charge on any atom is -0.387 e. The first-order chi connectivity index (χ1) is 10.1. The molecule has 6 nitrogen and oxygen atoms in total. The third-order valence-electron chi connectivity index (χ3n) is 2.46. The van der Waals surface area contributed by atoms with E-state index in [0.717, 1.165) is 0 Å². The number of halogens is 1. The lowest BCUT2D eigenvalue weighted by atomic mass is 10.2. The van der Waals surface area contributed by atoms with E-state index < -0.39 is 11.9 Å². The first kappa shape index (κ1) is 16.7. The van der Waals surface area contributed by atoms with Crippen LogP contribution in [-0.2, 0) is 4.79 Å². The Morgan fingerprint density at radius 3 is 2.52 bits per heavy atom. The van der Waals surface area contributed by atoms with E-state index in [2.05, 4.69) is 31.9 Å². The highest BCUT2D eigenvalue weighted by Crippen LogP contribution is 2.05. The van der Waals surface area contributed by atoms with Crippen molar-refractivity contribution in [2.75, 3.05) is 17.2 Å². The van der Waals surface area contributed by atoms with Crippen LogP contribution in [0.25, 0.3) is 0 Å². The number of hydrogen-bond acceptors (Lipinski definition) is 4. The molecule has 0 fully saturated rings. The van der Waals surface area contributed by atoms with E-state index in [1.807, 2.05) is 6.07 Å². The monoisotopic (exact) mass is 350 g/mol. The van der Waals surface area contributed by atoms with Gasteiger partial charge in [0.05, 0.1) is 0 Å². The first-order valence-electron chi connectivity index (χ1n) is 6.16.